The van der Waals surface area contributed by atoms with Crippen molar-refractivity contribution >= 4 is 23.6 Å². The topological polar surface area (TPSA) is 83.1 Å². The van der Waals surface area contributed by atoms with E-state index in [9.17, 15) is 9.59 Å². The third-order valence-electron chi connectivity index (χ3n) is 4.19. The summed E-state index contributed by atoms with van der Waals surface area (Å²) in [6, 6.07) is 8.52. The number of hydrogen-bond acceptors (Lipinski definition) is 6. The molecule has 0 bridgehead atoms. The molecule has 0 aromatic heterocycles. The van der Waals surface area contributed by atoms with Crippen LogP contribution in [0.4, 0.5) is 5.69 Å². The molecular formula is C21H21NO6. The molecule has 0 radical (unpaired) electrons. The molecule has 7 heteroatoms. The van der Waals surface area contributed by atoms with E-state index in [0.717, 1.165) is 11.1 Å². The Kier molecular flexibility index (Phi) is 5.84. The van der Waals surface area contributed by atoms with Crippen LogP contribution in [0.1, 0.15) is 21.5 Å². The Morgan fingerprint density at radius 2 is 1.89 bits per heavy atom. The quantitative estimate of drug-likeness (QED) is 0.631. The van der Waals surface area contributed by atoms with Gasteiger partial charge in [0.25, 0.3) is 0 Å². The molecule has 1 aliphatic rings. The van der Waals surface area contributed by atoms with E-state index >= 15 is 0 Å². The van der Waals surface area contributed by atoms with E-state index in [1.807, 2.05) is 6.92 Å². The van der Waals surface area contributed by atoms with Crippen LogP contribution in [-0.4, -0.2) is 39.3 Å². The third kappa shape index (κ3) is 4.25. The van der Waals surface area contributed by atoms with Gasteiger partial charge >= 0.3 is 5.97 Å². The van der Waals surface area contributed by atoms with Crippen molar-refractivity contribution in [1.82, 2.24) is 0 Å². The number of amides is 1. The second-order valence-corrected chi connectivity index (χ2v) is 6.09. The van der Waals surface area contributed by atoms with E-state index in [4.69, 9.17) is 18.9 Å². The summed E-state index contributed by atoms with van der Waals surface area (Å²) in [6.07, 6.45) is 3.05. The summed E-state index contributed by atoms with van der Waals surface area (Å²) in [6.45, 7) is 2.76. The average molecular weight is 383 g/mol. The van der Waals surface area contributed by atoms with E-state index in [-0.39, 0.29) is 5.91 Å². The Morgan fingerprint density at radius 3 is 2.64 bits per heavy atom. The predicted octanol–water partition coefficient (Wildman–Crippen LogP) is 3.21. The zero-order valence-corrected chi connectivity index (χ0v) is 15.9. The molecule has 0 unspecified atom stereocenters. The predicted molar refractivity (Wildman–Crippen MR) is 104 cm³/mol. The maximum atomic E-state index is 12.3. The molecule has 1 N–H and O–H groups in total. The number of ether oxygens (including phenoxy) is 4. The van der Waals surface area contributed by atoms with E-state index in [0.29, 0.717) is 41.7 Å². The summed E-state index contributed by atoms with van der Waals surface area (Å²) >= 11 is 0. The van der Waals surface area contributed by atoms with Gasteiger partial charge < -0.3 is 24.3 Å². The second-order valence-electron chi connectivity index (χ2n) is 6.09. The maximum absolute atomic E-state index is 12.3. The average Bonchev–Trinajstić information content (AvgIpc) is 2.72. The first kappa shape index (κ1) is 19.3. The minimum atomic E-state index is -0.464. The number of aryl methyl sites for hydroxylation is 1. The molecule has 2 aromatic rings. The molecule has 1 heterocycles. The Labute approximate surface area is 162 Å². The summed E-state index contributed by atoms with van der Waals surface area (Å²) in [7, 11) is 2.86. The summed E-state index contributed by atoms with van der Waals surface area (Å²) in [5.74, 6) is 0.880. The van der Waals surface area contributed by atoms with Crippen LogP contribution in [0.2, 0.25) is 0 Å². The minimum absolute atomic E-state index is 0.334. The molecular weight excluding hydrogens is 362 g/mol. The van der Waals surface area contributed by atoms with E-state index < -0.39 is 5.97 Å². The number of hydrogen-bond donors (Lipinski definition) is 1. The summed E-state index contributed by atoms with van der Waals surface area (Å²) in [4.78, 5) is 24.0. The number of rotatable bonds is 5. The molecule has 2 aromatic carbocycles. The van der Waals surface area contributed by atoms with Gasteiger partial charge in [0.2, 0.25) is 11.7 Å². The number of esters is 1. The highest BCUT2D eigenvalue weighted by Gasteiger charge is 2.18. The van der Waals surface area contributed by atoms with E-state index in [2.05, 4.69) is 5.32 Å². The molecule has 7 nitrogen and oxygen atoms in total. The second kappa shape index (κ2) is 8.47. The number of nitrogens with one attached hydrogen (secondary N) is 1. The lowest BCUT2D eigenvalue weighted by molar-refractivity contribution is -0.111. The lowest BCUT2D eigenvalue weighted by atomic mass is 10.1. The van der Waals surface area contributed by atoms with Gasteiger partial charge in [-0.3, -0.25) is 4.79 Å². The van der Waals surface area contributed by atoms with Gasteiger partial charge in [-0.15, -0.1) is 0 Å². The maximum Gasteiger partial charge on any atom is 0.337 e. The molecule has 0 atom stereocenters. The molecule has 0 saturated carbocycles. The number of carbonyl (C=O) groups is 2. The third-order valence-corrected chi connectivity index (χ3v) is 4.19. The summed E-state index contributed by atoms with van der Waals surface area (Å²) in [5, 5.41) is 2.77. The van der Waals surface area contributed by atoms with Gasteiger partial charge in [0.05, 0.1) is 19.8 Å². The van der Waals surface area contributed by atoms with Gasteiger partial charge in [0, 0.05) is 11.8 Å². The fourth-order valence-corrected chi connectivity index (χ4v) is 2.74. The molecule has 1 aliphatic heterocycles. The number of methoxy groups -OCH3 is 2. The van der Waals surface area contributed by atoms with Crippen LogP contribution in [-0.2, 0) is 9.53 Å². The van der Waals surface area contributed by atoms with Crippen LogP contribution in [0.15, 0.2) is 36.4 Å². The van der Waals surface area contributed by atoms with Crippen LogP contribution < -0.4 is 19.5 Å². The number of fused-ring (bicyclic) bond motifs is 1. The van der Waals surface area contributed by atoms with Crippen molar-refractivity contribution in [2.45, 2.75) is 6.92 Å². The van der Waals surface area contributed by atoms with Crippen molar-refractivity contribution in [1.29, 1.82) is 0 Å². The fraction of sp³-hybridized carbons (Fsp3) is 0.238. The van der Waals surface area contributed by atoms with Gasteiger partial charge in [0.15, 0.2) is 11.5 Å². The van der Waals surface area contributed by atoms with Crippen LogP contribution in [0.25, 0.3) is 6.08 Å². The molecule has 0 spiro atoms. The van der Waals surface area contributed by atoms with Gasteiger partial charge in [-0.2, -0.15) is 0 Å². The zero-order valence-electron chi connectivity index (χ0n) is 15.9. The largest absolute Gasteiger partial charge is 0.493 e. The highest BCUT2D eigenvalue weighted by Crippen LogP contribution is 2.40. The number of carbonyl (C=O) groups excluding carboxylic acids is 2. The van der Waals surface area contributed by atoms with Gasteiger partial charge in [0.1, 0.15) is 13.2 Å². The van der Waals surface area contributed by atoms with Crippen molar-refractivity contribution in [3.8, 4) is 17.2 Å². The molecule has 1 amide bonds. The molecule has 0 saturated heterocycles. The SMILES string of the molecule is COC(=O)c1ccc(C)c(NC(=O)/C=C/c2cc(OC)c3c(c2)OCCO3)c1. The van der Waals surface area contributed by atoms with E-state index in [1.54, 1.807) is 43.5 Å². The Balaban J connectivity index is 1.77. The Bertz CT molecular complexity index is 917. The molecule has 0 fully saturated rings. The number of benzene rings is 2. The molecule has 3 rings (SSSR count). The zero-order chi connectivity index (χ0) is 20.1. The fourth-order valence-electron chi connectivity index (χ4n) is 2.74. The first-order valence-electron chi connectivity index (χ1n) is 8.67. The van der Waals surface area contributed by atoms with Gasteiger partial charge in [-0.25, -0.2) is 4.79 Å². The normalized spacial score (nSPS) is 12.5. The van der Waals surface area contributed by atoms with Crippen molar-refractivity contribution in [2.75, 3.05) is 32.8 Å². The van der Waals surface area contributed by atoms with E-state index in [1.165, 1.54) is 13.2 Å². The highest BCUT2D eigenvalue weighted by molar-refractivity contribution is 6.03. The van der Waals surface area contributed by atoms with Crippen LogP contribution in [0.5, 0.6) is 17.2 Å². The smallest absolute Gasteiger partial charge is 0.337 e. The lowest BCUT2D eigenvalue weighted by Gasteiger charge is -2.20. The Morgan fingerprint density at radius 1 is 1.11 bits per heavy atom. The molecule has 0 aliphatic carbocycles. The van der Waals surface area contributed by atoms with Crippen molar-refractivity contribution < 1.29 is 28.5 Å². The molecule has 28 heavy (non-hydrogen) atoms. The van der Waals surface area contributed by atoms with Gasteiger partial charge in [-0.1, -0.05) is 6.07 Å². The molecule has 146 valence electrons. The van der Waals surface area contributed by atoms with Crippen LogP contribution >= 0.6 is 0 Å². The lowest BCUT2D eigenvalue weighted by Crippen LogP contribution is -2.16. The minimum Gasteiger partial charge on any atom is -0.493 e. The first-order valence-corrected chi connectivity index (χ1v) is 8.67. The van der Waals surface area contributed by atoms with Crippen LogP contribution in [0.3, 0.4) is 0 Å². The Hall–Kier alpha value is -3.48. The monoisotopic (exact) mass is 383 g/mol. The first-order chi connectivity index (χ1) is 13.5. The summed E-state index contributed by atoms with van der Waals surface area (Å²) in [5.41, 5.74) is 2.47. The van der Waals surface area contributed by atoms with Crippen molar-refractivity contribution in [3.05, 3.63) is 53.1 Å². The standard InChI is InChI=1S/C21H21NO6/c1-13-4-6-15(21(24)26-3)12-16(13)22-19(23)7-5-14-10-17(25-2)20-18(11-14)27-8-9-28-20/h4-7,10-12H,8-9H2,1-3H3,(H,22,23)/b7-5+. The van der Waals surface area contributed by atoms with Crippen molar-refractivity contribution in [3.63, 3.8) is 0 Å². The van der Waals surface area contributed by atoms with Crippen LogP contribution in [0, 0.1) is 6.92 Å². The van der Waals surface area contributed by atoms with Crippen molar-refractivity contribution in [2.24, 2.45) is 0 Å². The number of anilines is 1. The highest BCUT2D eigenvalue weighted by atomic mass is 16.6. The van der Waals surface area contributed by atoms with Gasteiger partial charge in [-0.05, 0) is 48.4 Å². The summed E-state index contributed by atoms with van der Waals surface area (Å²) < 4.78 is 21.2.